The highest BCUT2D eigenvalue weighted by Crippen LogP contribution is 2.23. The Kier molecular flexibility index (Phi) is 4.59. The molecule has 1 amide bonds. The molecule has 0 aliphatic carbocycles. The van der Waals surface area contributed by atoms with Gasteiger partial charge in [-0.1, -0.05) is 17.7 Å². The maximum atomic E-state index is 12.6. The van der Waals surface area contributed by atoms with Crippen molar-refractivity contribution in [1.29, 1.82) is 0 Å². The van der Waals surface area contributed by atoms with Crippen LogP contribution >= 0.6 is 0 Å². The Morgan fingerprint density at radius 1 is 1.47 bits per heavy atom. The lowest BCUT2D eigenvalue weighted by atomic mass is 9.96. The zero-order valence-corrected chi connectivity index (χ0v) is 11.8. The molecule has 1 fully saturated rings. The van der Waals surface area contributed by atoms with Crippen molar-refractivity contribution in [3.63, 3.8) is 0 Å². The van der Waals surface area contributed by atoms with Crippen LogP contribution in [-0.2, 0) is 0 Å². The molecule has 0 spiro atoms. The predicted molar refractivity (Wildman–Crippen MR) is 76.2 cm³/mol. The molecule has 1 saturated heterocycles. The van der Waals surface area contributed by atoms with Crippen LogP contribution in [0.1, 0.15) is 48.5 Å². The lowest BCUT2D eigenvalue weighted by Crippen LogP contribution is -2.45. The lowest BCUT2D eigenvalue weighted by molar-refractivity contribution is 0.0515. The minimum Gasteiger partial charge on any atom is -0.393 e. The fourth-order valence-electron chi connectivity index (χ4n) is 2.85. The Bertz CT molecular complexity index is 442. The van der Waals surface area contributed by atoms with Gasteiger partial charge in [0.15, 0.2) is 0 Å². The molecule has 3 nitrogen and oxygen atoms in total. The first kappa shape index (κ1) is 14.1. The highest BCUT2D eigenvalue weighted by molar-refractivity contribution is 5.94. The van der Waals surface area contributed by atoms with Gasteiger partial charge < -0.3 is 10.0 Å². The van der Waals surface area contributed by atoms with Gasteiger partial charge in [-0.15, -0.1) is 0 Å². The number of piperidine rings is 1. The van der Waals surface area contributed by atoms with Gasteiger partial charge in [0.1, 0.15) is 0 Å². The van der Waals surface area contributed by atoms with E-state index in [0.717, 1.165) is 36.9 Å². The average Bonchev–Trinajstić information content (AvgIpc) is 2.38. The van der Waals surface area contributed by atoms with E-state index in [0.29, 0.717) is 6.42 Å². The Labute approximate surface area is 115 Å². The van der Waals surface area contributed by atoms with Crippen LogP contribution in [0.2, 0.25) is 0 Å². The number of aliphatic hydroxyl groups excluding tert-OH is 1. The summed E-state index contributed by atoms with van der Waals surface area (Å²) in [5, 5.41) is 9.58. The van der Waals surface area contributed by atoms with Gasteiger partial charge in [-0.2, -0.15) is 0 Å². The van der Waals surface area contributed by atoms with Gasteiger partial charge in [0.25, 0.3) is 5.91 Å². The van der Waals surface area contributed by atoms with Crippen molar-refractivity contribution in [3.8, 4) is 0 Å². The molecule has 104 valence electrons. The smallest absolute Gasteiger partial charge is 0.254 e. The van der Waals surface area contributed by atoms with E-state index in [1.807, 2.05) is 36.1 Å². The highest BCUT2D eigenvalue weighted by Gasteiger charge is 2.28. The van der Waals surface area contributed by atoms with Crippen LogP contribution in [0.4, 0.5) is 0 Å². The van der Waals surface area contributed by atoms with Gasteiger partial charge >= 0.3 is 0 Å². The maximum absolute atomic E-state index is 12.6. The van der Waals surface area contributed by atoms with Crippen LogP contribution in [0.5, 0.6) is 0 Å². The molecule has 0 saturated carbocycles. The van der Waals surface area contributed by atoms with Gasteiger partial charge in [-0.3, -0.25) is 4.79 Å². The molecule has 1 aliphatic heterocycles. The quantitative estimate of drug-likeness (QED) is 0.909. The summed E-state index contributed by atoms with van der Waals surface area (Å²) in [7, 11) is 0. The summed E-state index contributed by atoms with van der Waals surface area (Å²) in [5.41, 5.74) is 1.87. The number of aliphatic hydroxyl groups is 1. The van der Waals surface area contributed by atoms with Gasteiger partial charge in [0.2, 0.25) is 0 Å². The van der Waals surface area contributed by atoms with Crippen LogP contribution in [0.3, 0.4) is 0 Å². The molecule has 3 heteroatoms. The summed E-state index contributed by atoms with van der Waals surface area (Å²) < 4.78 is 0. The highest BCUT2D eigenvalue weighted by atomic mass is 16.3. The monoisotopic (exact) mass is 261 g/mol. The molecule has 1 heterocycles. The van der Waals surface area contributed by atoms with E-state index in [9.17, 15) is 9.90 Å². The van der Waals surface area contributed by atoms with E-state index in [1.54, 1.807) is 6.92 Å². The van der Waals surface area contributed by atoms with E-state index in [4.69, 9.17) is 0 Å². The first-order valence-electron chi connectivity index (χ1n) is 7.13. The molecule has 1 N–H and O–H groups in total. The maximum Gasteiger partial charge on any atom is 0.254 e. The second-order valence-electron chi connectivity index (χ2n) is 5.60. The molecule has 1 aromatic carbocycles. The van der Waals surface area contributed by atoms with Crippen LogP contribution in [0.25, 0.3) is 0 Å². The molecule has 2 unspecified atom stereocenters. The van der Waals surface area contributed by atoms with Gasteiger partial charge in [0, 0.05) is 18.2 Å². The molecule has 1 aliphatic rings. The molecule has 0 radical (unpaired) electrons. The number of rotatable bonds is 3. The van der Waals surface area contributed by atoms with Crippen LogP contribution in [0.15, 0.2) is 24.3 Å². The van der Waals surface area contributed by atoms with E-state index < -0.39 is 0 Å². The van der Waals surface area contributed by atoms with E-state index in [-0.39, 0.29) is 18.1 Å². The zero-order chi connectivity index (χ0) is 13.8. The first-order valence-corrected chi connectivity index (χ1v) is 7.13. The third-order valence-corrected chi connectivity index (χ3v) is 3.77. The minimum absolute atomic E-state index is 0.106. The van der Waals surface area contributed by atoms with Crippen LogP contribution < -0.4 is 0 Å². The second kappa shape index (κ2) is 6.20. The number of benzene rings is 1. The van der Waals surface area contributed by atoms with Gasteiger partial charge in [0.05, 0.1) is 6.10 Å². The van der Waals surface area contributed by atoms with Crippen molar-refractivity contribution < 1.29 is 9.90 Å². The molecular weight excluding hydrogens is 238 g/mol. The zero-order valence-electron chi connectivity index (χ0n) is 11.8. The summed E-state index contributed by atoms with van der Waals surface area (Å²) >= 11 is 0. The van der Waals surface area contributed by atoms with E-state index in [1.165, 1.54) is 0 Å². The predicted octanol–water partition coefficient (Wildman–Crippen LogP) is 2.76. The largest absolute Gasteiger partial charge is 0.393 e. The van der Waals surface area contributed by atoms with Crippen molar-refractivity contribution in [1.82, 2.24) is 4.90 Å². The standard InChI is InChI=1S/C16H23NO2/c1-12-6-5-7-14(10-12)16(19)17-9-4-3-8-15(17)11-13(2)18/h5-7,10,13,15,18H,3-4,8-9,11H2,1-2H3. The second-order valence-corrected chi connectivity index (χ2v) is 5.60. The SMILES string of the molecule is Cc1cccc(C(=O)N2CCCCC2CC(C)O)c1. The van der Waals surface area contributed by atoms with Crippen LogP contribution in [-0.4, -0.2) is 34.6 Å². The Balaban J connectivity index is 2.15. The minimum atomic E-state index is -0.351. The molecule has 2 rings (SSSR count). The van der Waals surface area contributed by atoms with Crippen molar-refractivity contribution in [2.45, 2.75) is 51.7 Å². The lowest BCUT2D eigenvalue weighted by Gasteiger charge is -2.36. The van der Waals surface area contributed by atoms with Crippen molar-refractivity contribution >= 4 is 5.91 Å². The fourth-order valence-corrected chi connectivity index (χ4v) is 2.85. The number of hydrogen-bond acceptors (Lipinski definition) is 2. The third-order valence-electron chi connectivity index (χ3n) is 3.77. The molecule has 0 bridgehead atoms. The molecule has 2 atom stereocenters. The Hall–Kier alpha value is -1.35. The molecule has 1 aromatic rings. The normalized spacial score (nSPS) is 21.2. The first-order chi connectivity index (χ1) is 9.08. The van der Waals surface area contributed by atoms with Crippen molar-refractivity contribution in [2.75, 3.05) is 6.54 Å². The van der Waals surface area contributed by atoms with Crippen molar-refractivity contribution in [3.05, 3.63) is 35.4 Å². The summed E-state index contributed by atoms with van der Waals surface area (Å²) in [5.74, 6) is 0.106. The van der Waals surface area contributed by atoms with Crippen molar-refractivity contribution in [2.24, 2.45) is 0 Å². The summed E-state index contributed by atoms with van der Waals surface area (Å²) in [6, 6.07) is 7.93. The third kappa shape index (κ3) is 3.57. The number of nitrogens with zero attached hydrogens (tertiary/aromatic N) is 1. The number of hydrogen-bond donors (Lipinski definition) is 1. The summed E-state index contributed by atoms with van der Waals surface area (Å²) in [4.78, 5) is 14.5. The Morgan fingerprint density at radius 3 is 2.95 bits per heavy atom. The van der Waals surface area contributed by atoms with Gasteiger partial charge in [-0.25, -0.2) is 0 Å². The van der Waals surface area contributed by atoms with Crippen LogP contribution in [0, 0.1) is 6.92 Å². The van der Waals surface area contributed by atoms with E-state index >= 15 is 0 Å². The number of carbonyl (C=O) groups excluding carboxylic acids is 1. The summed E-state index contributed by atoms with van der Waals surface area (Å²) in [6.07, 6.45) is 3.54. The number of likely N-dealkylation sites (tertiary alicyclic amines) is 1. The molecular formula is C16H23NO2. The number of amides is 1. The average molecular weight is 261 g/mol. The van der Waals surface area contributed by atoms with E-state index in [2.05, 4.69) is 0 Å². The van der Waals surface area contributed by atoms with Gasteiger partial charge in [-0.05, 0) is 51.7 Å². The number of aryl methyl sites for hydroxylation is 1. The summed E-state index contributed by atoms with van der Waals surface area (Å²) in [6.45, 7) is 4.61. The topological polar surface area (TPSA) is 40.5 Å². The Morgan fingerprint density at radius 2 is 2.26 bits per heavy atom. The fraction of sp³-hybridized carbons (Fsp3) is 0.562. The molecule has 0 aromatic heterocycles. The number of carbonyl (C=O) groups is 1. The molecule has 19 heavy (non-hydrogen) atoms.